The molecule has 0 unspecified atom stereocenters. The maximum Gasteiger partial charge on any atom is 0.228 e. The Hall–Kier alpha value is -1.78. The van der Waals surface area contributed by atoms with Gasteiger partial charge in [-0.1, -0.05) is 42.0 Å². The molecule has 1 atom stereocenters. The molecule has 0 radical (unpaired) electrons. The lowest BCUT2D eigenvalue weighted by atomic mass is 9.94. The molecule has 2 aromatic rings. The summed E-state index contributed by atoms with van der Waals surface area (Å²) in [4.78, 5) is 15.5. The molecule has 2 fully saturated rings. The number of amides is 1. The fourth-order valence-corrected chi connectivity index (χ4v) is 5.53. The number of nitrogens with one attached hydrogen (secondary N) is 1. The van der Waals surface area contributed by atoms with Crippen LogP contribution in [-0.4, -0.2) is 41.4 Å². The third-order valence-corrected chi connectivity index (χ3v) is 7.06. The summed E-state index contributed by atoms with van der Waals surface area (Å²) in [5.74, 6) is 2.82. The summed E-state index contributed by atoms with van der Waals surface area (Å²) in [6, 6.07) is 17.4. The fourth-order valence-electron chi connectivity index (χ4n) is 4.45. The number of piperidine rings is 1. The summed E-state index contributed by atoms with van der Waals surface area (Å²) >= 11 is 2.07. The van der Waals surface area contributed by atoms with Gasteiger partial charge in [-0.2, -0.15) is 11.8 Å². The molecule has 2 aliphatic rings. The molecule has 2 aromatic carbocycles. The predicted molar refractivity (Wildman–Crippen MR) is 120 cm³/mol. The number of rotatable bonds is 4. The molecule has 3 nitrogen and oxygen atoms in total. The zero-order chi connectivity index (χ0) is 19.3. The van der Waals surface area contributed by atoms with Crippen LogP contribution in [0.1, 0.15) is 31.2 Å². The van der Waals surface area contributed by atoms with Gasteiger partial charge in [-0.3, -0.25) is 9.69 Å². The molecule has 0 saturated carbocycles. The molecule has 1 N–H and O–H groups in total. The number of aryl methyl sites for hydroxylation is 1. The Kier molecular flexibility index (Phi) is 6.38. The highest BCUT2D eigenvalue weighted by molar-refractivity contribution is 7.99. The SMILES string of the molecule is Cc1cccc(-c2cccc(NC(=O)[C@@H]3CCCN(C4CCSCC4)C3)c2)c1. The van der Waals surface area contributed by atoms with Gasteiger partial charge in [-0.25, -0.2) is 0 Å². The van der Waals surface area contributed by atoms with Crippen molar-refractivity contribution in [2.75, 3.05) is 29.9 Å². The fraction of sp³-hybridized carbons (Fsp3) is 0.458. The van der Waals surface area contributed by atoms with Crippen molar-refractivity contribution in [3.63, 3.8) is 0 Å². The van der Waals surface area contributed by atoms with Crippen LogP contribution in [0.15, 0.2) is 48.5 Å². The number of carbonyl (C=O) groups is 1. The molecule has 2 saturated heterocycles. The van der Waals surface area contributed by atoms with Crippen LogP contribution in [0.4, 0.5) is 5.69 Å². The second-order valence-corrected chi connectivity index (χ2v) is 9.34. The molecule has 28 heavy (non-hydrogen) atoms. The van der Waals surface area contributed by atoms with Crippen LogP contribution in [0, 0.1) is 12.8 Å². The highest BCUT2D eigenvalue weighted by atomic mass is 32.2. The van der Waals surface area contributed by atoms with Gasteiger partial charge in [0.1, 0.15) is 0 Å². The van der Waals surface area contributed by atoms with E-state index in [1.165, 1.54) is 35.5 Å². The molecule has 2 heterocycles. The summed E-state index contributed by atoms with van der Waals surface area (Å²) < 4.78 is 0. The number of benzene rings is 2. The van der Waals surface area contributed by atoms with Gasteiger partial charge in [0.25, 0.3) is 0 Å². The van der Waals surface area contributed by atoms with Crippen molar-refractivity contribution in [1.29, 1.82) is 0 Å². The maximum atomic E-state index is 13.0. The van der Waals surface area contributed by atoms with Gasteiger partial charge < -0.3 is 5.32 Å². The Bertz CT molecular complexity index is 816. The summed E-state index contributed by atoms with van der Waals surface area (Å²) in [7, 11) is 0. The second kappa shape index (κ2) is 9.15. The number of hydrogen-bond donors (Lipinski definition) is 1. The van der Waals surface area contributed by atoms with E-state index in [4.69, 9.17) is 0 Å². The van der Waals surface area contributed by atoms with Crippen LogP contribution < -0.4 is 5.32 Å². The van der Waals surface area contributed by atoms with Gasteiger partial charge in [0.2, 0.25) is 5.91 Å². The van der Waals surface area contributed by atoms with E-state index in [1.807, 2.05) is 12.1 Å². The Labute approximate surface area is 172 Å². The lowest BCUT2D eigenvalue weighted by molar-refractivity contribution is -0.121. The Morgan fingerprint density at radius 2 is 1.79 bits per heavy atom. The molecule has 0 spiro atoms. The number of carbonyl (C=O) groups excluding carboxylic acids is 1. The minimum Gasteiger partial charge on any atom is -0.326 e. The van der Waals surface area contributed by atoms with Gasteiger partial charge in [-0.05, 0) is 73.9 Å². The Morgan fingerprint density at radius 1 is 1.04 bits per heavy atom. The van der Waals surface area contributed by atoms with E-state index in [2.05, 4.69) is 65.3 Å². The van der Waals surface area contributed by atoms with Gasteiger partial charge in [0.05, 0.1) is 5.92 Å². The van der Waals surface area contributed by atoms with E-state index in [0.717, 1.165) is 37.2 Å². The molecule has 0 bridgehead atoms. The third kappa shape index (κ3) is 4.79. The summed E-state index contributed by atoms with van der Waals surface area (Å²) in [5.41, 5.74) is 4.48. The standard InChI is InChI=1S/C24H30N2OS/c1-18-5-2-6-19(15-18)20-7-3-9-22(16-20)25-24(27)21-8-4-12-26(17-21)23-10-13-28-14-11-23/h2-3,5-7,9,15-16,21,23H,4,8,10-14,17H2,1H3,(H,25,27)/t21-/m1/s1. The minimum absolute atomic E-state index is 0.103. The molecule has 4 heteroatoms. The largest absolute Gasteiger partial charge is 0.326 e. The summed E-state index contributed by atoms with van der Waals surface area (Å²) in [5, 5.41) is 3.19. The molecular weight excluding hydrogens is 364 g/mol. The molecule has 4 rings (SSSR count). The van der Waals surface area contributed by atoms with Crippen molar-refractivity contribution in [3.8, 4) is 11.1 Å². The quantitative estimate of drug-likeness (QED) is 0.773. The number of likely N-dealkylation sites (tertiary alicyclic amines) is 1. The van der Waals surface area contributed by atoms with Crippen molar-refractivity contribution in [2.24, 2.45) is 5.92 Å². The van der Waals surface area contributed by atoms with Crippen molar-refractivity contribution in [2.45, 2.75) is 38.6 Å². The molecule has 1 amide bonds. The first-order valence-electron chi connectivity index (χ1n) is 10.5. The van der Waals surface area contributed by atoms with E-state index in [9.17, 15) is 4.79 Å². The first kappa shape index (κ1) is 19.5. The molecule has 0 aromatic heterocycles. The molecule has 148 valence electrons. The van der Waals surface area contributed by atoms with E-state index >= 15 is 0 Å². The van der Waals surface area contributed by atoms with Crippen molar-refractivity contribution in [1.82, 2.24) is 4.90 Å². The van der Waals surface area contributed by atoms with Crippen LogP contribution in [0.2, 0.25) is 0 Å². The molecule has 0 aliphatic carbocycles. The van der Waals surface area contributed by atoms with Crippen molar-refractivity contribution < 1.29 is 4.79 Å². The zero-order valence-electron chi connectivity index (χ0n) is 16.7. The van der Waals surface area contributed by atoms with E-state index in [-0.39, 0.29) is 11.8 Å². The number of nitrogens with zero attached hydrogens (tertiary/aromatic N) is 1. The number of hydrogen-bond acceptors (Lipinski definition) is 3. The summed E-state index contributed by atoms with van der Waals surface area (Å²) in [6.45, 7) is 4.18. The van der Waals surface area contributed by atoms with Crippen molar-refractivity contribution in [3.05, 3.63) is 54.1 Å². The van der Waals surface area contributed by atoms with E-state index in [0.29, 0.717) is 6.04 Å². The number of thioether (sulfide) groups is 1. The second-order valence-electron chi connectivity index (χ2n) is 8.12. The highest BCUT2D eigenvalue weighted by Gasteiger charge is 2.30. The highest BCUT2D eigenvalue weighted by Crippen LogP contribution is 2.28. The van der Waals surface area contributed by atoms with Gasteiger partial charge in [0.15, 0.2) is 0 Å². The topological polar surface area (TPSA) is 32.3 Å². The smallest absolute Gasteiger partial charge is 0.228 e. The van der Waals surface area contributed by atoms with Crippen LogP contribution in [-0.2, 0) is 4.79 Å². The maximum absolute atomic E-state index is 13.0. The normalized spacial score (nSPS) is 21.4. The molecular formula is C24H30N2OS. The van der Waals surface area contributed by atoms with Gasteiger partial charge in [-0.15, -0.1) is 0 Å². The lowest BCUT2D eigenvalue weighted by Gasteiger charge is -2.39. The number of anilines is 1. The average molecular weight is 395 g/mol. The predicted octanol–water partition coefficient (Wildman–Crippen LogP) is 5.21. The van der Waals surface area contributed by atoms with Crippen molar-refractivity contribution >= 4 is 23.4 Å². The molecule has 2 aliphatic heterocycles. The van der Waals surface area contributed by atoms with E-state index in [1.54, 1.807) is 0 Å². The Morgan fingerprint density at radius 3 is 2.57 bits per heavy atom. The average Bonchev–Trinajstić information content (AvgIpc) is 2.75. The van der Waals surface area contributed by atoms with E-state index < -0.39 is 0 Å². The van der Waals surface area contributed by atoms with Crippen LogP contribution >= 0.6 is 11.8 Å². The monoisotopic (exact) mass is 394 g/mol. The summed E-state index contributed by atoms with van der Waals surface area (Å²) in [6.07, 6.45) is 4.68. The first-order chi connectivity index (χ1) is 13.7. The van der Waals surface area contributed by atoms with Crippen LogP contribution in [0.3, 0.4) is 0 Å². The Balaban J connectivity index is 1.41. The zero-order valence-corrected chi connectivity index (χ0v) is 17.5. The first-order valence-corrected chi connectivity index (χ1v) is 11.6. The van der Waals surface area contributed by atoms with Crippen LogP contribution in [0.5, 0.6) is 0 Å². The lowest BCUT2D eigenvalue weighted by Crippen LogP contribution is -2.47. The minimum atomic E-state index is 0.103. The van der Waals surface area contributed by atoms with Gasteiger partial charge in [0, 0.05) is 18.3 Å². The third-order valence-electron chi connectivity index (χ3n) is 6.01. The van der Waals surface area contributed by atoms with Gasteiger partial charge >= 0.3 is 0 Å². The van der Waals surface area contributed by atoms with Crippen LogP contribution in [0.25, 0.3) is 11.1 Å².